The molecule has 1 aromatic heterocycles. The quantitative estimate of drug-likeness (QED) is 0.883. The number of carboxylic acid groups (broad SMARTS) is 1. The number of amides is 1. The molecule has 96 valence electrons. The van der Waals surface area contributed by atoms with E-state index < -0.39 is 11.9 Å². The molecule has 5 nitrogen and oxygen atoms in total. The number of rotatable bonds is 3. The Morgan fingerprint density at radius 3 is 2.47 bits per heavy atom. The van der Waals surface area contributed by atoms with Crippen molar-refractivity contribution in [1.29, 1.82) is 0 Å². The van der Waals surface area contributed by atoms with Crippen LogP contribution < -0.4 is 5.32 Å². The summed E-state index contributed by atoms with van der Waals surface area (Å²) in [5.41, 5.74) is 1.46. The van der Waals surface area contributed by atoms with E-state index in [1.807, 2.05) is 0 Å². The predicted molar refractivity (Wildman–Crippen MR) is 70.3 cm³/mol. The smallest absolute Gasteiger partial charge is 0.336 e. The monoisotopic (exact) mass is 256 g/mol. The highest BCUT2D eigenvalue weighted by Crippen LogP contribution is 2.13. The van der Waals surface area contributed by atoms with Gasteiger partial charge in [-0.1, -0.05) is 12.1 Å². The van der Waals surface area contributed by atoms with Crippen LogP contribution >= 0.6 is 0 Å². The Balaban J connectivity index is 2.28. The first-order chi connectivity index (χ1) is 9.08. The number of carboxylic acids is 1. The van der Waals surface area contributed by atoms with Crippen molar-refractivity contribution in [2.75, 3.05) is 5.32 Å². The summed E-state index contributed by atoms with van der Waals surface area (Å²) in [6, 6.07) is 9.44. The van der Waals surface area contributed by atoms with Gasteiger partial charge < -0.3 is 10.4 Å². The molecule has 1 aromatic carbocycles. The van der Waals surface area contributed by atoms with Crippen molar-refractivity contribution in [2.45, 2.75) is 6.92 Å². The molecule has 0 aliphatic heterocycles. The van der Waals surface area contributed by atoms with Crippen molar-refractivity contribution in [3.8, 4) is 0 Å². The highest BCUT2D eigenvalue weighted by molar-refractivity contribution is 6.10. The lowest BCUT2D eigenvalue weighted by Crippen LogP contribution is -2.16. The highest BCUT2D eigenvalue weighted by Gasteiger charge is 2.15. The normalized spacial score (nSPS) is 9.95. The van der Waals surface area contributed by atoms with E-state index in [9.17, 15) is 9.59 Å². The zero-order valence-corrected chi connectivity index (χ0v) is 10.3. The molecule has 1 heterocycles. The Hall–Kier alpha value is -2.69. The maximum atomic E-state index is 12.1. The van der Waals surface area contributed by atoms with Gasteiger partial charge in [-0.25, -0.2) is 4.79 Å². The van der Waals surface area contributed by atoms with Crippen molar-refractivity contribution in [3.63, 3.8) is 0 Å². The molecule has 19 heavy (non-hydrogen) atoms. The molecule has 0 unspecified atom stereocenters. The van der Waals surface area contributed by atoms with Gasteiger partial charge in [0.15, 0.2) is 0 Å². The Bertz CT molecular complexity index is 638. The van der Waals surface area contributed by atoms with E-state index in [2.05, 4.69) is 10.3 Å². The van der Waals surface area contributed by atoms with Crippen molar-refractivity contribution in [3.05, 3.63) is 59.4 Å². The second-order valence-corrected chi connectivity index (χ2v) is 3.99. The standard InChI is InChI=1S/C14H12N2O3/c1-9-8-10(6-7-15-9)16-13(17)11-4-2-3-5-12(11)14(18)19/h2-8H,1H3,(H,18,19)(H,15,16,17). The van der Waals surface area contributed by atoms with Crippen molar-refractivity contribution >= 4 is 17.6 Å². The molecule has 1 amide bonds. The summed E-state index contributed by atoms with van der Waals surface area (Å²) in [6.45, 7) is 1.81. The average molecular weight is 256 g/mol. The van der Waals surface area contributed by atoms with Crippen LogP contribution in [0.3, 0.4) is 0 Å². The molecule has 0 aliphatic carbocycles. The van der Waals surface area contributed by atoms with E-state index >= 15 is 0 Å². The van der Waals surface area contributed by atoms with Crippen LogP contribution in [-0.2, 0) is 0 Å². The number of anilines is 1. The van der Waals surface area contributed by atoms with Gasteiger partial charge in [-0.15, -0.1) is 0 Å². The Labute approximate surface area is 109 Å². The number of carbonyl (C=O) groups is 2. The van der Waals surface area contributed by atoms with Gasteiger partial charge in [0.1, 0.15) is 0 Å². The number of benzene rings is 1. The van der Waals surface area contributed by atoms with E-state index in [0.717, 1.165) is 5.69 Å². The summed E-state index contributed by atoms with van der Waals surface area (Å²) in [5, 5.41) is 11.7. The second kappa shape index (κ2) is 5.30. The summed E-state index contributed by atoms with van der Waals surface area (Å²) in [6.07, 6.45) is 1.58. The third-order valence-corrected chi connectivity index (χ3v) is 2.56. The Morgan fingerprint density at radius 2 is 1.84 bits per heavy atom. The molecule has 2 N–H and O–H groups in total. The van der Waals surface area contributed by atoms with Crippen LogP contribution in [0.2, 0.25) is 0 Å². The average Bonchev–Trinajstić information content (AvgIpc) is 2.38. The number of aromatic nitrogens is 1. The van der Waals surface area contributed by atoms with E-state index in [4.69, 9.17) is 5.11 Å². The topological polar surface area (TPSA) is 79.3 Å². The van der Waals surface area contributed by atoms with Crippen molar-refractivity contribution < 1.29 is 14.7 Å². The summed E-state index contributed by atoms with van der Waals surface area (Å²) < 4.78 is 0. The number of hydrogen-bond donors (Lipinski definition) is 2. The number of pyridine rings is 1. The summed E-state index contributed by atoms with van der Waals surface area (Å²) in [7, 11) is 0. The van der Waals surface area contributed by atoms with Crippen LogP contribution in [-0.4, -0.2) is 22.0 Å². The Kier molecular flexibility index (Phi) is 3.56. The number of hydrogen-bond acceptors (Lipinski definition) is 3. The largest absolute Gasteiger partial charge is 0.478 e. The minimum Gasteiger partial charge on any atom is -0.478 e. The number of nitrogens with one attached hydrogen (secondary N) is 1. The Morgan fingerprint density at radius 1 is 1.16 bits per heavy atom. The third-order valence-electron chi connectivity index (χ3n) is 2.56. The first kappa shape index (κ1) is 12.8. The number of aromatic carboxylic acids is 1. The molecule has 0 aliphatic rings. The lowest BCUT2D eigenvalue weighted by molar-refractivity contribution is 0.0692. The van der Waals surface area contributed by atoms with Crippen molar-refractivity contribution in [2.24, 2.45) is 0 Å². The molecule has 0 atom stereocenters. The zero-order valence-electron chi connectivity index (χ0n) is 10.3. The molecule has 0 radical (unpaired) electrons. The second-order valence-electron chi connectivity index (χ2n) is 3.99. The van der Waals surface area contributed by atoms with Crippen LogP contribution in [0.25, 0.3) is 0 Å². The number of aryl methyl sites for hydroxylation is 1. The minimum atomic E-state index is -1.13. The molecule has 0 fully saturated rings. The fourth-order valence-electron chi connectivity index (χ4n) is 1.69. The maximum Gasteiger partial charge on any atom is 0.336 e. The van der Waals surface area contributed by atoms with Crippen LogP contribution in [0.5, 0.6) is 0 Å². The SMILES string of the molecule is Cc1cc(NC(=O)c2ccccc2C(=O)O)ccn1. The number of carbonyl (C=O) groups excluding carboxylic acids is 1. The van der Waals surface area contributed by atoms with Gasteiger partial charge in [-0.2, -0.15) is 0 Å². The highest BCUT2D eigenvalue weighted by atomic mass is 16.4. The first-order valence-electron chi connectivity index (χ1n) is 5.64. The van der Waals surface area contributed by atoms with E-state index in [-0.39, 0.29) is 11.1 Å². The van der Waals surface area contributed by atoms with E-state index in [1.165, 1.54) is 12.1 Å². The van der Waals surface area contributed by atoms with E-state index in [1.54, 1.807) is 37.4 Å². The maximum absolute atomic E-state index is 12.1. The van der Waals surface area contributed by atoms with Crippen molar-refractivity contribution in [1.82, 2.24) is 4.98 Å². The molecule has 0 spiro atoms. The van der Waals surface area contributed by atoms with Crippen LogP contribution in [0.4, 0.5) is 5.69 Å². The van der Waals surface area contributed by atoms with Crippen LogP contribution in [0.15, 0.2) is 42.6 Å². The lowest BCUT2D eigenvalue weighted by Gasteiger charge is -2.07. The van der Waals surface area contributed by atoms with Gasteiger partial charge in [0.05, 0.1) is 11.1 Å². The van der Waals surface area contributed by atoms with E-state index in [0.29, 0.717) is 5.69 Å². The van der Waals surface area contributed by atoms with Gasteiger partial charge >= 0.3 is 5.97 Å². The lowest BCUT2D eigenvalue weighted by atomic mass is 10.1. The third kappa shape index (κ3) is 2.95. The fraction of sp³-hybridized carbons (Fsp3) is 0.0714. The van der Waals surface area contributed by atoms with Crippen LogP contribution in [0, 0.1) is 6.92 Å². The van der Waals surface area contributed by atoms with Gasteiger partial charge in [0.2, 0.25) is 0 Å². The van der Waals surface area contributed by atoms with Gasteiger partial charge in [0.25, 0.3) is 5.91 Å². The molecular weight excluding hydrogens is 244 g/mol. The number of nitrogens with zero attached hydrogens (tertiary/aromatic N) is 1. The molecule has 5 heteroatoms. The van der Waals surface area contributed by atoms with Gasteiger partial charge in [-0.3, -0.25) is 9.78 Å². The first-order valence-corrected chi connectivity index (χ1v) is 5.64. The molecule has 0 saturated carbocycles. The zero-order chi connectivity index (χ0) is 13.8. The molecule has 0 bridgehead atoms. The summed E-state index contributed by atoms with van der Waals surface area (Å²) >= 11 is 0. The van der Waals surface area contributed by atoms with Gasteiger partial charge in [0, 0.05) is 17.6 Å². The minimum absolute atomic E-state index is 0.0224. The molecule has 2 rings (SSSR count). The van der Waals surface area contributed by atoms with Crippen LogP contribution in [0.1, 0.15) is 26.4 Å². The summed E-state index contributed by atoms with van der Waals surface area (Å²) in [4.78, 5) is 27.1. The summed E-state index contributed by atoms with van der Waals surface area (Å²) in [5.74, 6) is -1.58. The van der Waals surface area contributed by atoms with Gasteiger partial charge in [-0.05, 0) is 31.2 Å². The molecular formula is C14H12N2O3. The molecule has 2 aromatic rings. The predicted octanol–water partition coefficient (Wildman–Crippen LogP) is 2.34. The fourth-order valence-corrected chi connectivity index (χ4v) is 1.69. The molecule has 0 saturated heterocycles.